The lowest BCUT2D eigenvalue weighted by molar-refractivity contribution is 0.0940. The summed E-state index contributed by atoms with van der Waals surface area (Å²) < 4.78 is 1.30. The molecule has 2 aromatic carbocycles. The van der Waals surface area contributed by atoms with Gasteiger partial charge in [0.05, 0.1) is 0 Å². The molecule has 3 aromatic rings. The zero-order valence-electron chi connectivity index (χ0n) is 13.5. The molecule has 0 bridgehead atoms. The van der Waals surface area contributed by atoms with Crippen molar-refractivity contribution < 1.29 is 4.79 Å². The molecule has 0 saturated carbocycles. The molecule has 0 saturated heterocycles. The third-order valence-corrected chi connectivity index (χ3v) is 5.10. The summed E-state index contributed by atoms with van der Waals surface area (Å²) >= 11 is 1.76. The molecule has 1 N–H and O–H groups in total. The lowest BCUT2D eigenvalue weighted by atomic mass is 10.1. The van der Waals surface area contributed by atoms with Gasteiger partial charge in [-0.05, 0) is 59.9 Å². The van der Waals surface area contributed by atoms with E-state index >= 15 is 0 Å². The van der Waals surface area contributed by atoms with Crippen LogP contribution in [0.1, 0.15) is 35.3 Å². The molecule has 1 atom stereocenters. The van der Waals surface area contributed by atoms with Crippen molar-refractivity contribution in [2.75, 3.05) is 0 Å². The fourth-order valence-corrected chi connectivity index (χ4v) is 3.75. The summed E-state index contributed by atoms with van der Waals surface area (Å²) in [5.41, 5.74) is 3.28. The van der Waals surface area contributed by atoms with Crippen LogP contribution in [-0.4, -0.2) is 11.9 Å². The number of fused-ring (bicyclic) bond motifs is 1. The molecule has 3 heteroatoms. The van der Waals surface area contributed by atoms with Gasteiger partial charge in [-0.25, -0.2) is 0 Å². The highest BCUT2D eigenvalue weighted by molar-refractivity contribution is 7.17. The van der Waals surface area contributed by atoms with Gasteiger partial charge >= 0.3 is 0 Å². The van der Waals surface area contributed by atoms with Crippen LogP contribution in [0.3, 0.4) is 0 Å². The number of nitrogens with one attached hydrogen (secondary N) is 1. The second-order valence-corrected chi connectivity index (χ2v) is 6.80. The summed E-state index contributed by atoms with van der Waals surface area (Å²) in [5, 5.41) is 6.60. The van der Waals surface area contributed by atoms with E-state index in [2.05, 4.69) is 48.8 Å². The molecule has 0 fully saturated rings. The lowest BCUT2D eigenvalue weighted by Crippen LogP contribution is -2.34. The normalized spacial score (nSPS) is 12.3. The maximum Gasteiger partial charge on any atom is 0.251 e. The highest BCUT2D eigenvalue weighted by Gasteiger charge is 2.12. The molecular formula is C20H21NOS. The molecule has 23 heavy (non-hydrogen) atoms. The maximum absolute atomic E-state index is 12.3. The fourth-order valence-electron chi connectivity index (χ4n) is 2.77. The average molecular weight is 323 g/mol. The van der Waals surface area contributed by atoms with E-state index in [1.165, 1.54) is 21.2 Å². The highest BCUT2D eigenvalue weighted by Crippen LogP contribution is 2.26. The molecular weight excluding hydrogens is 302 g/mol. The van der Waals surface area contributed by atoms with Gasteiger partial charge in [-0.1, -0.05) is 37.3 Å². The van der Waals surface area contributed by atoms with Gasteiger partial charge in [0.25, 0.3) is 5.91 Å². The Balaban J connectivity index is 1.66. The minimum Gasteiger partial charge on any atom is -0.349 e. The first-order valence-electron chi connectivity index (χ1n) is 8.02. The average Bonchev–Trinajstić information content (AvgIpc) is 2.98. The molecule has 0 aliphatic heterocycles. The van der Waals surface area contributed by atoms with E-state index in [0.29, 0.717) is 0 Å². The van der Waals surface area contributed by atoms with E-state index < -0.39 is 0 Å². The fraction of sp³-hybridized carbons (Fsp3) is 0.250. The number of amides is 1. The van der Waals surface area contributed by atoms with Crippen molar-refractivity contribution in [3.63, 3.8) is 0 Å². The van der Waals surface area contributed by atoms with E-state index in [4.69, 9.17) is 0 Å². The first-order chi connectivity index (χ1) is 11.2. The van der Waals surface area contributed by atoms with Gasteiger partial charge in [0.15, 0.2) is 0 Å². The van der Waals surface area contributed by atoms with Gasteiger partial charge in [0.1, 0.15) is 0 Å². The number of rotatable bonds is 5. The monoisotopic (exact) mass is 323 g/mol. The second kappa shape index (κ2) is 6.97. The standard InChI is InChI=1S/C20H21NOS/c1-3-15-8-10-16(11-9-15)20(22)21-14(2)12-17-13-23-19-7-5-4-6-18(17)19/h4-11,13-14H,3,12H2,1-2H3,(H,21,22)/t14-/m1/s1. The summed E-state index contributed by atoms with van der Waals surface area (Å²) in [6, 6.07) is 16.4. The Kier molecular flexibility index (Phi) is 4.77. The van der Waals surface area contributed by atoms with E-state index in [-0.39, 0.29) is 11.9 Å². The summed E-state index contributed by atoms with van der Waals surface area (Å²) in [4.78, 5) is 12.3. The van der Waals surface area contributed by atoms with E-state index in [9.17, 15) is 4.79 Å². The van der Waals surface area contributed by atoms with Crippen LogP contribution in [0.4, 0.5) is 0 Å². The van der Waals surface area contributed by atoms with Crippen LogP contribution in [0.15, 0.2) is 53.9 Å². The van der Waals surface area contributed by atoms with E-state index in [1.54, 1.807) is 11.3 Å². The molecule has 0 radical (unpaired) electrons. The topological polar surface area (TPSA) is 29.1 Å². The summed E-state index contributed by atoms with van der Waals surface area (Å²) in [6.45, 7) is 4.17. The summed E-state index contributed by atoms with van der Waals surface area (Å²) in [7, 11) is 0. The zero-order chi connectivity index (χ0) is 16.2. The first kappa shape index (κ1) is 15.8. The molecule has 1 heterocycles. The quantitative estimate of drug-likeness (QED) is 0.716. The number of thiophene rings is 1. The Bertz CT molecular complexity index is 804. The third-order valence-electron chi connectivity index (χ3n) is 4.09. The maximum atomic E-state index is 12.3. The first-order valence-corrected chi connectivity index (χ1v) is 8.90. The van der Waals surface area contributed by atoms with Crippen molar-refractivity contribution in [3.8, 4) is 0 Å². The number of hydrogen-bond acceptors (Lipinski definition) is 2. The van der Waals surface area contributed by atoms with Crippen molar-refractivity contribution in [1.29, 1.82) is 0 Å². The Morgan fingerprint density at radius 2 is 1.87 bits per heavy atom. The van der Waals surface area contributed by atoms with Gasteiger partial charge in [0, 0.05) is 16.3 Å². The number of carbonyl (C=O) groups excluding carboxylic acids is 1. The largest absolute Gasteiger partial charge is 0.349 e. The van der Waals surface area contributed by atoms with Crippen molar-refractivity contribution >= 4 is 27.3 Å². The molecule has 0 unspecified atom stereocenters. The highest BCUT2D eigenvalue weighted by atomic mass is 32.1. The Morgan fingerprint density at radius 3 is 2.61 bits per heavy atom. The van der Waals surface area contributed by atoms with E-state index in [1.807, 2.05) is 24.3 Å². The van der Waals surface area contributed by atoms with Gasteiger partial charge < -0.3 is 5.32 Å². The number of aryl methyl sites for hydroxylation is 1. The predicted octanol–water partition coefficient (Wildman–Crippen LogP) is 4.82. The predicted molar refractivity (Wildman–Crippen MR) is 98.3 cm³/mol. The molecule has 1 aromatic heterocycles. The Labute approximate surface area is 141 Å². The molecule has 2 nitrogen and oxygen atoms in total. The molecule has 0 spiro atoms. The second-order valence-electron chi connectivity index (χ2n) is 5.89. The number of benzene rings is 2. The molecule has 118 valence electrons. The Morgan fingerprint density at radius 1 is 1.13 bits per heavy atom. The summed E-state index contributed by atoms with van der Waals surface area (Å²) in [5.74, 6) is -0.000289. The minimum atomic E-state index is -0.000289. The van der Waals surface area contributed by atoms with Crippen LogP contribution >= 0.6 is 11.3 Å². The van der Waals surface area contributed by atoms with Crippen LogP contribution in [0.25, 0.3) is 10.1 Å². The Hall–Kier alpha value is -2.13. The van der Waals surface area contributed by atoms with Crippen LogP contribution in [0.2, 0.25) is 0 Å². The van der Waals surface area contributed by atoms with Crippen molar-refractivity contribution in [3.05, 3.63) is 70.6 Å². The van der Waals surface area contributed by atoms with Crippen molar-refractivity contribution in [2.45, 2.75) is 32.7 Å². The van der Waals surface area contributed by atoms with Crippen LogP contribution < -0.4 is 5.32 Å². The SMILES string of the molecule is CCc1ccc(C(=O)N[C@H](C)Cc2csc3ccccc23)cc1. The van der Waals surface area contributed by atoms with Crippen LogP contribution in [0, 0.1) is 0 Å². The van der Waals surface area contributed by atoms with Gasteiger partial charge in [0.2, 0.25) is 0 Å². The smallest absolute Gasteiger partial charge is 0.251 e. The lowest BCUT2D eigenvalue weighted by Gasteiger charge is -2.14. The van der Waals surface area contributed by atoms with Crippen LogP contribution in [-0.2, 0) is 12.8 Å². The number of hydrogen-bond donors (Lipinski definition) is 1. The number of carbonyl (C=O) groups is 1. The molecule has 1 amide bonds. The summed E-state index contributed by atoms with van der Waals surface area (Å²) in [6.07, 6.45) is 1.84. The van der Waals surface area contributed by atoms with Gasteiger partial charge in [-0.15, -0.1) is 11.3 Å². The van der Waals surface area contributed by atoms with Crippen molar-refractivity contribution in [1.82, 2.24) is 5.32 Å². The van der Waals surface area contributed by atoms with Gasteiger partial charge in [-0.3, -0.25) is 4.79 Å². The zero-order valence-corrected chi connectivity index (χ0v) is 14.3. The minimum absolute atomic E-state index is 0.000289. The van der Waals surface area contributed by atoms with E-state index in [0.717, 1.165) is 18.4 Å². The third kappa shape index (κ3) is 3.62. The molecule has 3 rings (SSSR count). The van der Waals surface area contributed by atoms with Gasteiger partial charge in [-0.2, -0.15) is 0 Å². The van der Waals surface area contributed by atoms with Crippen LogP contribution in [0.5, 0.6) is 0 Å². The molecule has 0 aliphatic rings. The van der Waals surface area contributed by atoms with Crippen molar-refractivity contribution in [2.24, 2.45) is 0 Å². The molecule has 0 aliphatic carbocycles.